The van der Waals surface area contributed by atoms with Gasteiger partial charge in [0, 0.05) is 5.56 Å². The lowest BCUT2D eigenvalue weighted by atomic mass is 10.2. The molecule has 0 unspecified atom stereocenters. The fourth-order valence-electron chi connectivity index (χ4n) is 3.69. The van der Waals surface area contributed by atoms with Crippen molar-refractivity contribution in [3.8, 4) is 5.75 Å². The molecule has 4 aromatic rings. The van der Waals surface area contributed by atoms with Crippen LogP contribution in [0.3, 0.4) is 0 Å². The number of para-hydroxylation sites is 1. The molecule has 0 heterocycles. The van der Waals surface area contributed by atoms with Crippen molar-refractivity contribution in [2.45, 2.75) is 17.7 Å². The van der Waals surface area contributed by atoms with Crippen molar-refractivity contribution in [2.24, 2.45) is 5.10 Å². The van der Waals surface area contributed by atoms with Crippen molar-refractivity contribution in [2.75, 3.05) is 10.8 Å². The molecule has 0 aliphatic carbocycles. The Bertz CT molecular complexity index is 1630. The fourth-order valence-corrected chi connectivity index (χ4v) is 5.42. The summed E-state index contributed by atoms with van der Waals surface area (Å²) in [6.07, 6.45) is -3.46. The molecule has 1 amide bonds. The normalized spacial score (nSPS) is 11.8. The lowest BCUT2D eigenvalue weighted by Crippen LogP contribution is -2.40. The molecule has 4 rings (SSSR count). The second-order valence-electron chi connectivity index (χ2n) is 8.59. The van der Waals surface area contributed by atoms with E-state index in [1.165, 1.54) is 30.5 Å². The van der Waals surface area contributed by atoms with Gasteiger partial charge in [-0.2, -0.15) is 18.3 Å². The number of nitrogens with one attached hydrogen (secondary N) is 1. The average Bonchev–Trinajstić information content (AvgIpc) is 2.96. The third-order valence-corrected chi connectivity index (χ3v) is 7.80. The van der Waals surface area contributed by atoms with Gasteiger partial charge in [0.25, 0.3) is 15.9 Å². The number of hydrogen-bond acceptors (Lipinski definition) is 5. The van der Waals surface area contributed by atoms with Crippen LogP contribution in [0.4, 0.5) is 18.9 Å². The van der Waals surface area contributed by atoms with Crippen LogP contribution in [0.1, 0.15) is 16.7 Å². The Kier molecular flexibility index (Phi) is 9.31. The number of halogens is 4. The number of hydrogen-bond donors (Lipinski definition) is 1. The maximum absolute atomic E-state index is 13.5. The quantitative estimate of drug-likeness (QED) is 0.171. The highest BCUT2D eigenvalue weighted by molar-refractivity contribution is 7.92. The van der Waals surface area contributed by atoms with Gasteiger partial charge >= 0.3 is 6.18 Å². The summed E-state index contributed by atoms with van der Waals surface area (Å²) < 4.78 is 73.6. The number of hydrazone groups is 1. The van der Waals surface area contributed by atoms with E-state index in [9.17, 15) is 26.4 Å². The molecule has 0 bridgehead atoms. The molecular formula is C29H23ClF3N3O4S. The highest BCUT2D eigenvalue weighted by Crippen LogP contribution is 2.37. The number of amides is 1. The van der Waals surface area contributed by atoms with E-state index in [1.807, 2.05) is 30.3 Å². The summed E-state index contributed by atoms with van der Waals surface area (Å²) in [5.74, 6) is -0.435. The Labute approximate surface area is 239 Å². The minimum Gasteiger partial charge on any atom is -0.488 e. The second kappa shape index (κ2) is 12.9. The Morgan fingerprint density at radius 1 is 0.927 bits per heavy atom. The third kappa shape index (κ3) is 7.65. The number of anilines is 1. The molecule has 12 heteroatoms. The van der Waals surface area contributed by atoms with Gasteiger partial charge in [-0.1, -0.05) is 72.3 Å². The van der Waals surface area contributed by atoms with Crippen molar-refractivity contribution in [3.63, 3.8) is 0 Å². The van der Waals surface area contributed by atoms with Crippen LogP contribution in [0.15, 0.2) is 113 Å². The number of nitrogens with zero attached hydrogens (tertiary/aromatic N) is 2. The summed E-state index contributed by atoms with van der Waals surface area (Å²) in [7, 11) is -4.50. The van der Waals surface area contributed by atoms with Gasteiger partial charge in [0.2, 0.25) is 0 Å². The maximum Gasteiger partial charge on any atom is 0.416 e. The zero-order valence-electron chi connectivity index (χ0n) is 21.3. The van der Waals surface area contributed by atoms with Crippen molar-refractivity contribution < 1.29 is 31.1 Å². The summed E-state index contributed by atoms with van der Waals surface area (Å²) in [5, 5.41) is 3.61. The predicted molar refractivity (Wildman–Crippen MR) is 150 cm³/mol. The summed E-state index contributed by atoms with van der Waals surface area (Å²) in [6, 6.07) is 25.6. The molecule has 1 N–H and O–H groups in total. The van der Waals surface area contributed by atoms with Gasteiger partial charge in [0.15, 0.2) is 0 Å². The second-order valence-corrected chi connectivity index (χ2v) is 10.9. The van der Waals surface area contributed by atoms with Crippen molar-refractivity contribution >= 4 is 39.4 Å². The molecule has 0 radical (unpaired) electrons. The highest BCUT2D eigenvalue weighted by atomic mass is 35.5. The van der Waals surface area contributed by atoms with E-state index >= 15 is 0 Å². The first-order chi connectivity index (χ1) is 19.6. The fraction of sp³-hybridized carbons (Fsp3) is 0.103. The lowest BCUT2D eigenvalue weighted by molar-refractivity contribution is -0.137. The molecule has 0 saturated carbocycles. The minimum atomic E-state index is -4.77. The Morgan fingerprint density at radius 2 is 1.56 bits per heavy atom. The predicted octanol–water partition coefficient (Wildman–Crippen LogP) is 6.28. The van der Waals surface area contributed by atoms with Crippen LogP contribution < -0.4 is 14.5 Å². The molecule has 4 aromatic carbocycles. The molecule has 0 aliphatic rings. The number of benzene rings is 4. The van der Waals surface area contributed by atoms with Crippen molar-refractivity contribution in [1.82, 2.24) is 5.43 Å². The van der Waals surface area contributed by atoms with Crippen molar-refractivity contribution in [3.05, 3.63) is 125 Å². The van der Waals surface area contributed by atoms with Crippen LogP contribution in [0.5, 0.6) is 5.75 Å². The van der Waals surface area contributed by atoms with Gasteiger partial charge < -0.3 is 4.74 Å². The number of carbonyl (C=O) groups excluding carboxylic acids is 1. The molecule has 0 saturated heterocycles. The number of alkyl halides is 3. The van der Waals surface area contributed by atoms with E-state index < -0.39 is 39.9 Å². The van der Waals surface area contributed by atoms with E-state index in [0.29, 0.717) is 28.3 Å². The van der Waals surface area contributed by atoms with Crippen LogP contribution in [-0.2, 0) is 27.6 Å². The van der Waals surface area contributed by atoms with E-state index in [-0.39, 0.29) is 9.92 Å². The maximum atomic E-state index is 13.5. The van der Waals surface area contributed by atoms with Crippen LogP contribution in [-0.4, -0.2) is 27.1 Å². The molecule has 41 heavy (non-hydrogen) atoms. The summed E-state index contributed by atoms with van der Waals surface area (Å²) in [6.45, 7) is -0.607. The monoisotopic (exact) mass is 601 g/mol. The van der Waals surface area contributed by atoms with Gasteiger partial charge in [0.05, 0.1) is 27.4 Å². The molecule has 0 fully saturated rings. The molecule has 0 atom stereocenters. The molecule has 0 aliphatic heterocycles. The average molecular weight is 602 g/mol. The van der Waals surface area contributed by atoms with Crippen LogP contribution in [0, 0.1) is 0 Å². The first kappa shape index (κ1) is 29.6. The lowest BCUT2D eigenvalue weighted by Gasteiger charge is -2.25. The van der Waals surface area contributed by atoms with Gasteiger partial charge in [-0.05, 0) is 48.0 Å². The van der Waals surface area contributed by atoms with Gasteiger partial charge in [0.1, 0.15) is 18.9 Å². The standard InChI is InChI=1S/C29H23ClF3N3O4S/c30-25-16-15-23(29(31,32)33)17-26(25)36(41(38,39)24-12-5-2-6-13-24)19-28(37)35-34-18-22-11-7-8-14-27(22)40-20-21-9-3-1-4-10-21/h1-18H,19-20H2,(H,35,37)/b34-18-. The van der Waals surface area contributed by atoms with E-state index in [0.717, 1.165) is 17.7 Å². The topological polar surface area (TPSA) is 88.1 Å². The smallest absolute Gasteiger partial charge is 0.416 e. The SMILES string of the molecule is O=C(CN(c1cc(C(F)(F)F)ccc1Cl)S(=O)(=O)c1ccccc1)N/N=C\c1ccccc1OCc1ccccc1. The van der Waals surface area contributed by atoms with Crippen LogP contribution >= 0.6 is 11.6 Å². The minimum absolute atomic E-state index is 0.241. The Morgan fingerprint density at radius 3 is 2.24 bits per heavy atom. The molecule has 212 valence electrons. The molecule has 0 aromatic heterocycles. The summed E-state index contributed by atoms with van der Waals surface area (Å²) in [4.78, 5) is 12.6. The first-order valence-corrected chi connectivity index (χ1v) is 13.9. The Balaban J connectivity index is 1.56. The third-order valence-electron chi connectivity index (χ3n) is 5.71. The highest BCUT2D eigenvalue weighted by Gasteiger charge is 2.34. The number of carbonyl (C=O) groups is 1. The number of ether oxygens (including phenoxy) is 1. The van der Waals surface area contributed by atoms with Gasteiger partial charge in [-0.15, -0.1) is 0 Å². The summed E-state index contributed by atoms with van der Waals surface area (Å²) >= 11 is 6.15. The van der Waals surface area contributed by atoms with E-state index in [2.05, 4.69) is 10.5 Å². The van der Waals surface area contributed by atoms with Gasteiger partial charge in [-0.3, -0.25) is 9.10 Å². The summed E-state index contributed by atoms with van der Waals surface area (Å²) in [5.41, 5.74) is 2.06. The largest absolute Gasteiger partial charge is 0.488 e. The zero-order valence-corrected chi connectivity index (χ0v) is 22.8. The van der Waals surface area contributed by atoms with E-state index in [4.69, 9.17) is 16.3 Å². The molecule has 7 nitrogen and oxygen atoms in total. The first-order valence-electron chi connectivity index (χ1n) is 12.1. The van der Waals surface area contributed by atoms with Crippen LogP contribution in [0.25, 0.3) is 0 Å². The number of sulfonamides is 1. The zero-order chi connectivity index (χ0) is 29.5. The van der Waals surface area contributed by atoms with E-state index in [1.54, 1.807) is 30.3 Å². The van der Waals surface area contributed by atoms with Gasteiger partial charge in [-0.25, -0.2) is 13.8 Å². The Hall–Kier alpha value is -4.35. The number of rotatable bonds is 10. The molecule has 0 spiro atoms. The van der Waals surface area contributed by atoms with Crippen LogP contribution in [0.2, 0.25) is 5.02 Å². The van der Waals surface area contributed by atoms with Crippen molar-refractivity contribution in [1.29, 1.82) is 0 Å². The molecular weight excluding hydrogens is 579 g/mol.